The maximum absolute atomic E-state index is 8.89. The fourth-order valence-electron chi connectivity index (χ4n) is 1.66. The Morgan fingerprint density at radius 3 is 3.19 bits per heavy atom. The van der Waals surface area contributed by atoms with Crippen LogP contribution in [0.15, 0.2) is 0 Å². The Morgan fingerprint density at radius 1 is 1.62 bits per heavy atom. The number of hydrogen-bond donors (Lipinski definition) is 1. The lowest BCUT2D eigenvalue weighted by Gasteiger charge is -2.22. The molecule has 2 heterocycles. The zero-order chi connectivity index (χ0) is 11.4. The molecule has 0 spiro atoms. The highest BCUT2D eigenvalue weighted by Crippen LogP contribution is 2.27. The first kappa shape index (κ1) is 11.6. The first-order chi connectivity index (χ1) is 7.81. The lowest BCUT2D eigenvalue weighted by atomic mass is 10.1. The molecule has 1 aromatic heterocycles. The second kappa shape index (κ2) is 5.48. The zero-order valence-corrected chi connectivity index (χ0v) is 10.3. The van der Waals surface area contributed by atoms with Crippen molar-refractivity contribution < 1.29 is 4.74 Å². The number of hydrogen-bond acceptors (Lipinski definition) is 5. The number of nitrogens with zero attached hydrogens (tertiary/aromatic N) is 2. The van der Waals surface area contributed by atoms with Gasteiger partial charge in [0.15, 0.2) is 5.15 Å². The molecule has 16 heavy (non-hydrogen) atoms. The van der Waals surface area contributed by atoms with Crippen molar-refractivity contribution in [1.29, 1.82) is 5.26 Å². The summed E-state index contributed by atoms with van der Waals surface area (Å²) in [5, 5.41) is 13.1. The van der Waals surface area contributed by atoms with Crippen LogP contribution < -0.4 is 5.32 Å². The fourth-order valence-corrected chi connectivity index (χ4v) is 2.60. The lowest BCUT2D eigenvalue weighted by Crippen LogP contribution is -2.26. The van der Waals surface area contributed by atoms with Crippen molar-refractivity contribution in [3.8, 4) is 6.07 Å². The van der Waals surface area contributed by atoms with E-state index in [9.17, 15) is 0 Å². The molecule has 1 unspecified atom stereocenters. The third-order valence-electron chi connectivity index (χ3n) is 2.53. The van der Waals surface area contributed by atoms with Crippen LogP contribution in [0.25, 0.3) is 0 Å². The van der Waals surface area contributed by atoms with E-state index in [-0.39, 0.29) is 11.3 Å². The van der Waals surface area contributed by atoms with Gasteiger partial charge in [-0.1, -0.05) is 11.6 Å². The molecule has 1 N–H and O–H groups in total. The van der Waals surface area contributed by atoms with E-state index in [1.165, 1.54) is 18.0 Å². The van der Waals surface area contributed by atoms with E-state index in [4.69, 9.17) is 21.6 Å². The van der Waals surface area contributed by atoms with E-state index in [1.54, 1.807) is 0 Å². The van der Waals surface area contributed by atoms with Crippen LogP contribution in [-0.4, -0.2) is 23.6 Å². The van der Waals surface area contributed by atoms with Crippen LogP contribution in [0.1, 0.15) is 24.8 Å². The summed E-state index contributed by atoms with van der Waals surface area (Å²) in [6, 6.07) is 2.04. The van der Waals surface area contributed by atoms with E-state index < -0.39 is 0 Å². The molecular formula is C10H12ClN3OS. The molecule has 1 fully saturated rings. The van der Waals surface area contributed by atoms with E-state index >= 15 is 0 Å². The minimum Gasteiger partial charge on any atom is -0.376 e. The molecule has 2 rings (SSSR count). The lowest BCUT2D eigenvalue weighted by molar-refractivity contribution is 0.0248. The predicted molar refractivity (Wildman–Crippen MR) is 63.9 cm³/mol. The maximum atomic E-state index is 8.89. The molecule has 1 saturated heterocycles. The van der Waals surface area contributed by atoms with E-state index in [0.717, 1.165) is 24.4 Å². The van der Waals surface area contributed by atoms with Crippen molar-refractivity contribution in [2.75, 3.05) is 18.5 Å². The van der Waals surface area contributed by atoms with Crippen molar-refractivity contribution in [2.24, 2.45) is 0 Å². The Hall–Kier alpha value is -0.830. The second-order valence-electron chi connectivity index (χ2n) is 3.66. The highest BCUT2D eigenvalue weighted by atomic mass is 35.5. The van der Waals surface area contributed by atoms with Crippen molar-refractivity contribution in [3.63, 3.8) is 0 Å². The number of ether oxygens (including phenoxy) is 1. The summed E-state index contributed by atoms with van der Waals surface area (Å²) in [5.74, 6) is 0. The largest absolute Gasteiger partial charge is 0.376 e. The van der Waals surface area contributed by atoms with Gasteiger partial charge in [-0.25, -0.2) is 0 Å². The second-order valence-corrected chi connectivity index (χ2v) is 4.79. The monoisotopic (exact) mass is 257 g/mol. The molecule has 0 saturated carbocycles. The van der Waals surface area contributed by atoms with Gasteiger partial charge in [-0.3, -0.25) is 0 Å². The van der Waals surface area contributed by atoms with Crippen LogP contribution in [0.5, 0.6) is 0 Å². The average Bonchev–Trinajstić information content (AvgIpc) is 2.68. The zero-order valence-electron chi connectivity index (χ0n) is 8.70. The van der Waals surface area contributed by atoms with Gasteiger partial charge >= 0.3 is 0 Å². The number of anilines is 1. The van der Waals surface area contributed by atoms with Gasteiger partial charge < -0.3 is 10.1 Å². The summed E-state index contributed by atoms with van der Waals surface area (Å²) in [7, 11) is 0. The molecular weight excluding hydrogens is 246 g/mol. The summed E-state index contributed by atoms with van der Waals surface area (Å²) in [6.07, 6.45) is 3.66. The molecule has 6 heteroatoms. The minimum atomic E-state index is 0.237. The molecule has 0 amide bonds. The number of nitrogens with one attached hydrogen (secondary N) is 1. The third kappa shape index (κ3) is 2.64. The smallest absolute Gasteiger partial charge is 0.162 e. The number of aromatic nitrogens is 1. The van der Waals surface area contributed by atoms with Crippen LogP contribution in [0, 0.1) is 11.3 Å². The Morgan fingerprint density at radius 2 is 2.50 bits per heavy atom. The third-order valence-corrected chi connectivity index (χ3v) is 3.71. The Balaban J connectivity index is 1.91. The Kier molecular flexibility index (Phi) is 3.99. The van der Waals surface area contributed by atoms with E-state index in [2.05, 4.69) is 9.69 Å². The summed E-state index contributed by atoms with van der Waals surface area (Å²) in [4.78, 5) is 0. The maximum Gasteiger partial charge on any atom is 0.162 e. The first-order valence-electron chi connectivity index (χ1n) is 5.22. The van der Waals surface area contributed by atoms with Gasteiger partial charge in [0.2, 0.25) is 0 Å². The van der Waals surface area contributed by atoms with Gasteiger partial charge in [0.25, 0.3) is 0 Å². The number of nitriles is 1. The minimum absolute atomic E-state index is 0.237. The molecule has 86 valence electrons. The molecule has 1 atom stereocenters. The van der Waals surface area contributed by atoms with Gasteiger partial charge in [0.1, 0.15) is 16.6 Å². The summed E-state index contributed by atoms with van der Waals surface area (Å²) in [6.45, 7) is 1.55. The molecule has 0 aliphatic carbocycles. The van der Waals surface area contributed by atoms with Gasteiger partial charge in [-0.15, -0.1) is 0 Å². The topological polar surface area (TPSA) is 57.9 Å². The molecule has 4 nitrogen and oxygen atoms in total. The highest BCUT2D eigenvalue weighted by Gasteiger charge is 2.16. The van der Waals surface area contributed by atoms with E-state index in [0.29, 0.717) is 12.1 Å². The number of halogens is 1. The van der Waals surface area contributed by atoms with Gasteiger partial charge in [-0.2, -0.15) is 9.64 Å². The molecule has 0 aromatic carbocycles. The normalized spacial score (nSPS) is 20.4. The van der Waals surface area contributed by atoms with Gasteiger partial charge in [-0.05, 0) is 30.8 Å². The molecule has 0 bridgehead atoms. The average molecular weight is 258 g/mol. The van der Waals surface area contributed by atoms with Crippen LogP contribution in [-0.2, 0) is 4.74 Å². The summed E-state index contributed by atoms with van der Waals surface area (Å²) in [5.41, 5.74) is 0.433. The first-order valence-corrected chi connectivity index (χ1v) is 6.37. The summed E-state index contributed by atoms with van der Waals surface area (Å²) >= 11 is 6.99. The molecule has 1 aliphatic heterocycles. The van der Waals surface area contributed by atoms with Crippen LogP contribution in [0.2, 0.25) is 5.15 Å². The number of rotatable bonds is 3. The molecule has 0 radical (unpaired) electrons. The van der Waals surface area contributed by atoms with Crippen molar-refractivity contribution >= 4 is 28.1 Å². The predicted octanol–water partition coefficient (Wildman–Crippen LogP) is 2.65. The van der Waals surface area contributed by atoms with Crippen molar-refractivity contribution in [3.05, 3.63) is 10.7 Å². The Labute approximate surface area is 103 Å². The van der Waals surface area contributed by atoms with E-state index in [1.807, 2.05) is 6.07 Å². The quantitative estimate of drug-likeness (QED) is 0.904. The van der Waals surface area contributed by atoms with Crippen molar-refractivity contribution in [1.82, 2.24) is 4.37 Å². The van der Waals surface area contributed by atoms with Crippen LogP contribution >= 0.6 is 23.1 Å². The van der Waals surface area contributed by atoms with Crippen LogP contribution in [0.3, 0.4) is 0 Å². The molecule has 1 aromatic rings. The summed E-state index contributed by atoms with van der Waals surface area (Å²) < 4.78 is 9.52. The molecule has 1 aliphatic rings. The SMILES string of the molecule is N#Cc1c(Cl)nsc1NCC1CCCCO1. The van der Waals surface area contributed by atoms with Gasteiger partial charge in [0, 0.05) is 13.2 Å². The van der Waals surface area contributed by atoms with Crippen molar-refractivity contribution in [2.45, 2.75) is 25.4 Å². The fraction of sp³-hybridized carbons (Fsp3) is 0.600. The highest BCUT2D eigenvalue weighted by molar-refractivity contribution is 7.10. The van der Waals surface area contributed by atoms with Crippen LogP contribution in [0.4, 0.5) is 5.00 Å². The Bertz CT molecular complexity index is 395. The van der Waals surface area contributed by atoms with Gasteiger partial charge in [0.05, 0.1) is 6.10 Å². The standard InChI is InChI=1S/C10H12ClN3OS/c11-9-8(5-12)10(16-14-9)13-6-7-3-1-2-4-15-7/h7,13H,1-4,6H2.